The van der Waals surface area contributed by atoms with Crippen molar-refractivity contribution in [3.05, 3.63) is 22.7 Å². The molecule has 0 spiro atoms. The van der Waals surface area contributed by atoms with E-state index in [1.165, 1.54) is 11.4 Å². The van der Waals surface area contributed by atoms with E-state index in [1.807, 2.05) is 6.92 Å². The summed E-state index contributed by atoms with van der Waals surface area (Å²) in [6.07, 6.45) is 0. The Bertz CT molecular complexity index is 568. The van der Waals surface area contributed by atoms with Crippen LogP contribution in [0.4, 0.5) is 0 Å². The number of hydrogen-bond acceptors (Lipinski definition) is 4. The molecule has 1 aromatic carbocycles. The highest BCUT2D eigenvalue weighted by Gasteiger charge is 2.30. The fourth-order valence-corrected chi connectivity index (χ4v) is 4.33. The molecule has 1 saturated heterocycles. The van der Waals surface area contributed by atoms with Crippen LogP contribution in [-0.4, -0.2) is 45.5 Å². The van der Waals surface area contributed by atoms with Crippen molar-refractivity contribution in [1.82, 2.24) is 9.62 Å². The molecule has 1 atom stereocenters. The molecular formula is C12H18BrClN2O3S. The Morgan fingerprint density at radius 2 is 2.15 bits per heavy atom. The number of methoxy groups -OCH3 is 1. The van der Waals surface area contributed by atoms with Gasteiger partial charge in [0, 0.05) is 30.1 Å². The Balaban J connectivity index is 0.00000200. The van der Waals surface area contributed by atoms with Crippen molar-refractivity contribution < 1.29 is 13.2 Å². The van der Waals surface area contributed by atoms with Gasteiger partial charge in [-0.2, -0.15) is 4.31 Å². The Morgan fingerprint density at radius 3 is 2.75 bits per heavy atom. The summed E-state index contributed by atoms with van der Waals surface area (Å²) in [5, 5.41) is 3.23. The van der Waals surface area contributed by atoms with Crippen molar-refractivity contribution in [1.29, 1.82) is 0 Å². The number of hydrogen-bond donors (Lipinski definition) is 1. The summed E-state index contributed by atoms with van der Waals surface area (Å²) in [5.74, 6) is 0.370. The molecule has 1 heterocycles. The third kappa shape index (κ3) is 3.65. The van der Waals surface area contributed by atoms with Gasteiger partial charge in [0.25, 0.3) is 0 Å². The van der Waals surface area contributed by atoms with Crippen molar-refractivity contribution in [3.8, 4) is 5.75 Å². The number of rotatable bonds is 3. The molecule has 2 rings (SSSR count). The predicted molar refractivity (Wildman–Crippen MR) is 84.2 cm³/mol. The van der Waals surface area contributed by atoms with Crippen molar-refractivity contribution >= 4 is 38.4 Å². The van der Waals surface area contributed by atoms with Crippen molar-refractivity contribution in [2.75, 3.05) is 26.7 Å². The molecule has 1 aromatic rings. The molecule has 0 aliphatic carbocycles. The Morgan fingerprint density at radius 1 is 1.45 bits per heavy atom. The first-order valence-corrected chi connectivity index (χ1v) is 8.25. The van der Waals surface area contributed by atoms with E-state index in [1.54, 1.807) is 18.2 Å². The van der Waals surface area contributed by atoms with Crippen molar-refractivity contribution in [3.63, 3.8) is 0 Å². The zero-order valence-electron chi connectivity index (χ0n) is 11.3. The van der Waals surface area contributed by atoms with E-state index in [-0.39, 0.29) is 23.3 Å². The SMILES string of the molecule is COc1ccc(Br)cc1S(=O)(=O)N1CCNC(C)C1.Cl. The molecule has 1 unspecified atom stereocenters. The van der Waals surface area contributed by atoms with E-state index in [2.05, 4.69) is 21.2 Å². The summed E-state index contributed by atoms with van der Waals surface area (Å²) in [5.41, 5.74) is 0. The zero-order chi connectivity index (χ0) is 14.0. The number of halogens is 2. The smallest absolute Gasteiger partial charge is 0.246 e. The number of nitrogens with one attached hydrogen (secondary N) is 1. The maximum Gasteiger partial charge on any atom is 0.246 e. The highest BCUT2D eigenvalue weighted by Crippen LogP contribution is 2.30. The van der Waals surface area contributed by atoms with Crippen molar-refractivity contribution in [2.45, 2.75) is 17.9 Å². The van der Waals surface area contributed by atoms with Crippen LogP contribution in [0.5, 0.6) is 5.75 Å². The molecular weight excluding hydrogens is 368 g/mol. The molecule has 1 fully saturated rings. The van der Waals surface area contributed by atoms with Crippen LogP contribution in [-0.2, 0) is 10.0 Å². The van der Waals surface area contributed by atoms with Crippen LogP contribution < -0.4 is 10.1 Å². The molecule has 114 valence electrons. The third-order valence-corrected chi connectivity index (χ3v) is 5.45. The zero-order valence-corrected chi connectivity index (χ0v) is 14.5. The maximum absolute atomic E-state index is 12.7. The highest BCUT2D eigenvalue weighted by molar-refractivity contribution is 9.10. The van der Waals surface area contributed by atoms with Gasteiger partial charge in [0.2, 0.25) is 10.0 Å². The standard InChI is InChI=1S/C12H17BrN2O3S.ClH/c1-9-8-15(6-5-14-9)19(16,17)12-7-10(13)3-4-11(12)18-2;/h3-4,7,9,14H,5-6,8H2,1-2H3;1H. The van der Waals surface area contributed by atoms with Crippen LogP contribution in [0.2, 0.25) is 0 Å². The van der Waals surface area contributed by atoms with Gasteiger partial charge >= 0.3 is 0 Å². The van der Waals surface area contributed by atoms with E-state index in [0.29, 0.717) is 25.4 Å². The van der Waals surface area contributed by atoms with E-state index in [4.69, 9.17) is 4.74 Å². The molecule has 1 aliphatic rings. The lowest BCUT2D eigenvalue weighted by Crippen LogP contribution is -2.51. The minimum Gasteiger partial charge on any atom is -0.495 e. The Labute approximate surface area is 134 Å². The Kier molecular flexibility index (Phi) is 6.27. The summed E-state index contributed by atoms with van der Waals surface area (Å²) >= 11 is 3.30. The molecule has 0 saturated carbocycles. The van der Waals surface area contributed by atoms with Crippen LogP contribution in [0.15, 0.2) is 27.6 Å². The first-order chi connectivity index (χ1) is 8.95. The Hall–Kier alpha value is -0.340. The van der Waals surface area contributed by atoms with Gasteiger partial charge in [-0.25, -0.2) is 8.42 Å². The number of benzene rings is 1. The maximum atomic E-state index is 12.7. The van der Waals surface area contributed by atoms with E-state index in [0.717, 1.165) is 4.47 Å². The second kappa shape index (κ2) is 7.09. The number of sulfonamides is 1. The average Bonchev–Trinajstić information content (AvgIpc) is 2.38. The molecule has 0 radical (unpaired) electrons. The topological polar surface area (TPSA) is 58.6 Å². The fourth-order valence-electron chi connectivity index (χ4n) is 2.11. The summed E-state index contributed by atoms with van der Waals surface area (Å²) in [4.78, 5) is 0.207. The summed E-state index contributed by atoms with van der Waals surface area (Å²) in [6, 6.07) is 5.16. The van der Waals surface area contributed by atoms with Crippen LogP contribution in [0.3, 0.4) is 0 Å². The number of piperazine rings is 1. The molecule has 8 heteroatoms. The summed E-state index contributed by atoms with van der Waals surface area (Å²) in [7, 11) is -2.05. The van der Waals surface area contributed by atoms with Crippen LogP contribution in [0, 0.1) is 0 Å². The van der Waals surface area contributed by atoms with Gasteiger partial charge in [-0.3, -0.25) is 0 Å². The molecule has 1 N–H and O–H groups in total. The molecule has 0 bridgehead atoms. The van der Waals surface area contributed by atoms with Gasteiger partial charge in [0.15, 0.2) is 0 Å². The lowest BCUT2D eigenvalue weighted by Gasteiger charge is -2.31. The summed E-state index contributed by atoms with van der Waals surface area (Å²) in [6.45, 7) is 3.58. The van der Waals surface area contributed by atoms with Gasteiger partial charge in [0.05, 0.1) is 7.11 Å². The molecule has 20 heavy (non-hydrogen) atoms. The monoisotopic (exact) mass is 384 g/mol. The molecule has 5 nitrogen and oxygen atoms in total. The largest absolute Gasteiger partial charge is 0.495 e. The van der Waals surface area contributed by atoms with Gasteiger partial charge < -0.3 is 10.1 Å². The first-order valence-electron chi connectivity index (χ1n) is 6.02. The van der Waals surface area contributed by atoms with Crippen LogP contribution >= 0.6 is 28.3 Å². The molecule has 0 aromatic heterocycles. The van der Waals surface area contributed by atoms with Gasteiger partial charge in [0.1, 0.15) is 10.6 Å². The van der Waals surface area contributed by atoms with E-state index >= 15 is 0 Å². The van der Waals surface area contributed by atoms with Gasteiger partial charge in [-0.05, 0) is 25.1 Å². The minimum atomic E-state index is -3.52. The lowest BCUT2D eigenvalue weighted by molar-refractivity contribution is 0.308. The first kappa shape index (κ1) is 17.7. The third-order valence-electron chi connectivity index (χ3n) is 3.07. The quantitative estimate of drug-likeness (QED) is 0.863. The lowest BCUT2D eigenvalue weighted by atomic mass is 10.3. The molecule has 0 amide bonds. The van der Waals surface area contributed by atoms with E-state index in [9.17, 15) is 8.42 Å². The van der Waals surface area contributed by atoms with Crippen LogP contribution in [0.1, 0.15) is 6.92 Å². The summed E-state index contributed by atoms with van der Waals surface area (Å²) < 4.78 is 32.7. The predicted octanol–water partition coefficient (Wildman–Crippen LogP) is 1.86. The fraction of sp³-hybridized carbons (Fsp3) is 0.500. The van der Waals surface area contributed by atoms with Crippen molar-refractivity contribution in [2.24, 2.45) is 0 Å². The second-order valence-corrected chi connectivity index (χ2v) is 7.34. The minimum absolute atomic E-state index is 0. The number of nitrogens with zero attached hydrogens (tertiary/aromatic N) is 1. The van der Waals surface area contributed by atoms with E-state index < -0.39 is 10.0 Å². The molecule has 1 aliphatic heterocycles. The highest BCUT2D eigenvalue weighted by atomic mass is 79.9. The van der Waals surface area contributed by atoms with Gasteiger partial charge in [-0.15, -0.1) is 12.4 Å². The number of ether oxygens (including phenoxy) is 1. The average molecular weight is 386 g/mol. The normalized spacial score (nSPS) is 20.2. The second-order valence-electron chi connectivity index (χ2n) is 4.51. The van der Waals surface area contributed by atoms with Gasteiger partial charge in [-0.1, -0.05) is 15.9 Å². The van der Waals surface area contributed by atoms with Crippen LogP contribution in [0.25, 0.3) is 0 Å².